The van der Waals surface area contributed by atoms with E-state index in [0.717, 1.165) is 18.3 Å². The molecule has 5 fully saturated rings. The van der Waals surface area contributed by atoms with Gasteiger partial charge in [0.15, 0.2) is 0 Å². The number of rotatable bonds is 2. The Morgan fingerprint density at radius 3 is 2.19 bits per heavy atom. The predicted molar refractivity (Wildman–Crippen MR) is 132 cm³/mol. The van der Waals surface area contributed by atoms with E-state index in [1.807, 2.05) is 0 Å². The van der Waals surface area contributed by atoms with E-state index in [1.165, 1.54) is 63.4 Å². The van der Waals surface area contributed by atoms with Gasteiger partial charge in [0.25, 0.3) is 0 Å². The van der Waals surface area contributed by atoms with Crippen LogP contribution in [0, 0.1) is 56.7 Å². The normalized spacial score (nSPS) is 56.5. The van der Waals surface area contributed by atoms with Gasteiger partial charge in [-0.15, -0.1) is 0 Å². The Hall–Kier alpha value is -0.340. The Kier molecular flexibility index (Phi) is 5.19. The molecule has 2 N–H and O–H groups in total. The summed E-state index contributed by atoms with van der Waals surface area (Å²) in [5.74, 6) is 3.33. The van der Waals surface area contributed by atoms with Crippen molar-refractivity contribution in [1.29, 1.82) is 0 Å². The minimum absolute atomic E-state index is 0.0290. The molecule has 5 rings (SSSR count). The first-order valence-corrected chi connectivity index (χ1v) is 13.8. The number of fused-ring (bicyclic) bond motifs is 7. The van der Waals surface area contributed by atoms with E-state index >= 15 is 0 Å². The SMILES string of the molecule is C=C(C)C1CCC2(CO)CC[C@]3(C)C(CCC4C5(C)CC[C@H](O)C(C)(C)C5CC[C@]43C)C12. The summed E-state index contributed by atoms with van der Waals surface area (Å²) >= 11 is 0. The molecule has 5 aliphatic carbocycles. The Balaban J connectivity index is 1.55. The van der Waals surface area contributed by atoms with E-state index in [9.17, 15) is 10.2 Å². The highest BCUT2D eigenvalue weighted by Gasteiger charge is 2.70. The van der Waals surface area contributed by atoms with Crippen molar-refractivity contribution in [2.75, 3.05) is 6.61 Å². The van der Waals surface area contributed by atoms with Gasteiger partial charge in [-0.3, -0.25) is 0 Å². The molecule has 2 heteroatoms. The standard InChI is InChI=1S/C30H50O2/c1-19(2)20-10-15-30(18-31)17-16-28(6)21(25(20)30)8-9-23-27(5)13-12-24(32)26(3,4)22(27)11-14-29(23,28)7/h20-25,31-32H,1,8-18H2,2-7H3/t20?,21?,22?,23?,24-,25?,27?,28+,29+,30?/m0/s1. The Morgan fingerprint density at radius 2 is 1.53 bits per heavy atom. The summed E-state index contributed by atoms with van der Waals surface area (Å²) in [6.45, 7) is 19.7. The molecule has 0 spiro atoms. The van der Waals surface area contributed by atoms with Crippen LogP contribution >= 0.6 is 0 Å². The highest BCUT2D eigenvalue weighted by Crippen LogP contribution is 2.77. The molecule has 0 amide bonds. The Bertz CT molecular complexity index is 786. The van der Waals surface area contributed by atoms with Crippen molar-refractivity contribution in [1.82, 2.24) is 0 Å². The van der Waals surface area contributed by atoms with E-state index in [4.69, 9.17) is 0 Å². The molecule has 0 aliphatic heterocycles. The van der Waals surface area contributed by atoms with Crippen LogP contribution in [0.2, 0.25) is 0 Å². The third-order valence-corrected chi connectivity index (χ3v) is 13.5. The molecular weight excluding hydrogens is 392 g/mol. The van der Waals surface area contributed by atoms with Gasteiger partial charge >= 0.3 is 0 Å². The van der Waals surface area contributed by atoms with Gasteiger partial charge in [0.05, 0.1) is 6.10 Å². The summed E-state index contributed by atoms with van der Waals surface area (Å²) in [6, 6.07) is 0. The molecule has 7 unspecified atom stereocenters. The number of hydrogen-bond donors (Lipinski definition) is 2. The average Bonchev–Trinajstić information content (AvgIpc) is 3.12. The van der Waals surface area contributed by atoms with E-state index in [0.29, 0.717) is 40.6 Å². The lowest BCUT2D eigenvalue weighted by molar-refractivity contribution is -0.249. The molecule has 0 aromatic carbocycles. The van der Waals surface area contributed by atoms with Crippen molar-refractivity contribution >= 4 is 0 Å². The Morgan fingerprint density at radius 1 is 0.812 bits per heavy atom. The highest BCUT2D eigenvalue weighted by molar-refractivity contribution is 5.21. The van der Waals surface area contributed by atoms with Crippen LogP contribution in [0.3, 0.4) is 0 Å². The van der Waals surface area contributed by atoms with Crippen LogP contribution in [0.5, 0.6) is 0 Å². The molecule has 0 aromatic heterocycles. The molecule has 5 aliphatic rings. The first kappa shape index (κ1) is 23.4. The molecule has 0 saturated heterocycles. The molecule has 0 radical (unpaired) electrons. The van der Waals surface area contributed by atoms with Crippen molar-refractivity contribution in [2.24, 2.45) is 56.7 Å². The number of allylic oxidation sites excluding steroid dienone is 1. The second-order valence-corrected chi connectivity index (χ2v) is 14.6. The van der Waals surface area contributed by atoms with Gasteiger partial charge in [0, 0.05) is 6.61 Å². The summed E-state index contributed by atoms with van der Waals surface area (Å²) in [7, 11) is 0. The third kappa shape index (κ3) is 2.66. The highest BCUT2D eigenvalue weighted by atomic mass is 16.3. The summed E-state index contributed by atoms with van der Waals surface area (Å²) in [6.07, 6.45) is 12.2. The van der Waals surface area contributed by atoms with Crippen LogP contribution in [0.4, 0.5) is 0 Å². The van der Waals surface area contributed by atoms with Crippen molar-refractivity contribution in [3.8, 4) is 0 Å². The van der Waals surface area contributed by atoms with Gasteiger partial charge in [-0.05, 0) is 128 Å². The third-order valence-electron chi connectivity index (χ3n) is 13.5. The van der Waals surface area contributed by atoms with Crippen LogP contribution < -0.4 is 0 Å². The van der Waals surface area contributed by atoms with Crippen molar-refractivity contribution in [2.45, 2.75) is 112 Å². The summed E-state index contributed by atoms with van der Waals surface area (Å²) in [4.78, 5) is 0. The molecule has 0 aromatic rings. The van der Waals surface area contributed by atoms with Crippen molar-refractivity contribution < 1.29 is 10.2 Å². The van der Waals surface area contributed by atoms with E-state index in [1.54, 1.807) is 0 Å². The van der Waals surface area contributed by atoms with Gasteiger partial charge in [0.1, 0.15) is 0 Å². The fourth-order valence-corrected chi connectivity index (χ4v) is 11.5. The number of hydrogen-bond acceptors (Lipinski definition) is 2. The van der Waals surface area contributed by atoms with E-state index in [2.05, 4.69) is 48.1 Å². The topological polar surface area (TPSA) is 40.5 Å². The van der Waals surface area contributed by atoms with Crippen molar-refractivity contribution in [3.63, 3.8) is 0 Å². The zero-order chi connectivity index (χ0) is 23.3. The largest absolute Gasteiger partial charge is 0.396 e. The summed E-state index contributed by atoms with van der Waals surface area (Å²) in [5.41, 5.74) is 2.60. The molecule has 2 nitrogen and oxygen atoms in total. The summed E-state index contributed by atoms with van der Waals surface area (Å²) in [5, 5.41) is 21.5. The first-order chi connectivity index (χ1) is 14.9. The fourth-order valence-electron chi connectivity index (χ4n) is 11.5. The molecule has 5 saturated carbocycles. The average molecular weight is 443 g/mol. The molecular formula is C30H50O2. The molecule has 10 atom stereocenters. The second kappa shape index (κ2) is 7.09. The lowest BCUT2D eigenvalue weighted by Gasteiger charge is -2.73. The second-order valence-electron chi connectivity index (χ2n) is 14.6. The zero-order valence-corrected chi connectivity index (χ0v) is 21.8. The van der Waals surface area contributed by atoms with Crippen LogP contribution in [0.1, 0.15) is 106 Å². The van der Waals surface area contributed by atoms with Crippen LogP contribution in [0.15, 0.2) is 12.2 Å². The van der Waals surface area contributed by atoms with Crippen LogP contribution in [0.25, 0.3) is 0 Å². The fraction of sp³-hybridized carbons (Fsp3) is 0.933. The maximum atomic E-state index is 10.9. The smallest absolute Gasteiger partial charge is 0.0594 e. The van der Waals surface area contributed by atoms with Crippen LogP contribution in [-0.4, -0.2) is 22.9 Å². The Labute approximate surface area is 197 Å². The number of aliphatic hydroxyl groups excluding tert-OH is 2. The lowest BCUT2D eigenvalue weighted by atomic mass is 9.32. The molecule has 182 valence electrons. The van der Waals surface area contributed by atoms with Crippen molar-refractivity contribution in [3.05, 3.63) is 12.2 Å². The van der Waals surface area contributed by atoms with Gasteiger partial charge in [0.2, 0.25) is 0 Å². The minimum atomic E-state index is -0.147. The van der Waals surface area contributed by atoms with Gasteiger partial charge < -0.3 is 10.2 Å². The summed E-state index contributed by atoms with van der Waals surface area (Å²) < 4.78 is 0. The van der Waals surface area contributed by atoms with Gasteiger partial charge in [-0.1, -0.05) is 46.8 Å². The monoisotopic (exact) mass is 442 g/mol. The molecule has 32 heavy (non-hydrogen) atoms. The molecule has 0 heterocycles. The lowest BCUT2D eigenvalue weighted by Crippen LogP contribution is -2.66. The maximum Gasteiger partial charge on any atom is 0.0594 e. The molecule has 0 bridgehead atoms. The van der Waals surface area contributed by atoms with Gasteiger partial charge in [-0.25, -0.2) is 0 Å². The van der Waals surface area contributed by atoms with Crippen LogP contribution in [-0.2, 0) is 0 Å². The zero-order valence-electron chi connectivity index (χ0n) is 21.8. The maximum absolute atomic E-state index is 10.9. The van der Waals surface area contributed by atoms with E-state index in [-0.39, 0.29) is 16.9 Å². The minimum Gasteiger partial charge on any atom is -0.396 e. The quantitative estimate of drug-likeness (QED) is 0.452. The van der Waals surface area contributed by atoms with E-state index < -0.39 is 0 Å². The van der Waals surface area contributed by atoms with Gasteiger partial charge in [-0.2, -0.15) is 0 Å². The number of aliphatic hydroxyl groups is 2. The first-order valence-electron chi connectivity index (χ1n) is 13.8. The predicted octanol–water partition coefficient (Wildman–Crippen LogP) is 7.00.